The number of nitrogens with one attached hydrogen (secondary N) is 2. The number of aliphatic hydroxyl groups is 2. The average molecular weight is 684 g/mol. The van der Waals surface area contributed by atoms with Gasteiger partial charge in [0, 0.05) is 19.0 Å². The second-order valence-corrected chi connectivity index (χ2v) is 16.0. The van der Waals surface area contributed by atoms with Crippen molar-refractivity contribution in [2.75, 3.05) is 19.0 Å². The quantitative estimate of drug-likeness (QED) is 0.0972. The van der Waals surface area contributed by atoms with Crippen LogP contribution in [0.5, 0.6) is 0 Å². The first-order valence-corrected chi connectivity index (χ1v) is 18.2. The van der Waals surface area contributed by atoms with E-state index in [1.54, 1.807) is 6.07 Å². The molecule has 1 heterocycles. The fourth-order valence-corrected chi connectivity index (χ4v) is 11.1. The summed E-state index contributed by atoms with van der Waals surface area (Å²) in [5, 5.41) is 46.7. The van der Waals surface area contributed by atoms with E-state index >= 15 is 0 Å². The number of esters is 1. The minimum absolute atomic E-state index is 0.0544. The molecule has 4 aliphatic carbocycles. The summed E-state index contributed by atoms with van der Waals surface area (Å²) < 4.78 is 9.70. The van der Waals surface area contributed by atoms with Crippen LogP contribution in [0.15, 0.2) is 16.8 Å². The number of ether oxygens (including phenoxy) is 1. The Labute approximate surface area is 287 Å². The molecule has 0 bridgehead atoms. The van der Waals surface area contributed by atoms with Gasteiger partial charge in [0.15, 0.2) is 5.52 Å². The lowest BCUT2D eigenvalue weighted by atomic mass is 9.43. The number of anilines is 1. The van der Waals surface area contributed by atoms with Gasteiger partial charge in [-0.3, -0.25) is 14.9 Å². The molecule has 4 fully saturated rings. The molecule has 0 aliphatic heterocycles. The number of nitrogens with zero attached hydrogens (tertiary/aromatic N) is 3. The molecule has 1 amide bonds. The van der Waals surface area contributed by atoms with E-state index in [4.69, 9.17) is 9.37 Å². The molecule has 5 unspecified atom stereocenters. The first-order chi connectivity index (χ1) is 23.4. The highest BCUT2D eigenvalue weighted by molar-refractivity contribution is 5.93. The van der Waals surface area contributed by atoms with E-state index in [0.29, 0.717) is 67.0 Å². The number of methoxy groups -OCH3 is 1. The smallest absolute Gasteiger partial charge is 0.328 e. The fourth-order valence-electron chi connectivity index (χ4n) is 11.1. The van der Waals surface area contributed by atoms with E-state index in [2.05, 4.69) is 41.7 Å². The second kappa shape index (κ2) is 14.1. The van der Waals surface area contributed by atoms with E-state index < -0.39 is 16.9 Å². The topological polar surface area (TPSA) is 190 Å². The fraction of sp³-hybridized carbons (Fsp3) is 0.778. The number of fused-ring (bicyclic) bond motifs is 6. The van der Waals surface area contributed by atoms with Gasteiger partial charge >= 0.3 is 11.7 Å². The molecule has 270 valence electrons. The van der Waals surface area contributed by atoms with Crippen molar-refractivity contribution < 1.29 is 34.1 Å². The minimum Gasteiger partial charge on any atom is -0.467 e. The molecule has 4 N–H and O–H groups in total. The molecule has 6 rings (SSSR count). The van der Waals surface area contributed by atoms with Gasteiger partial charge in [0.1, 0.15) is 6.04 Å². The van der Waals surface area contributed by atoms with Gasteiger partial charge in [-0.1, -0.05) is 20.8 Å². The zero-order chi connectivity index (χ0) is 35.1. The molecule has 0 saturated heterocycles. The van der Waals surface area contributed by atoms with Crippen molar-refractivity contribution in [2.45, 2.75) is 116 Å². The molecule has 13 nitrogen and oxygen atoms in total. The molecule has 2 aromatic rings. The number of carbonyl (C=O) groups excluding carboxylic acids is 2. The Morgan fingerprint density at radius 2 is 1.80 bits per heavy atom. The van der Waals surface area contributed by atoms with Gasteiger partial charge in [-0.2, -0.15) is 0 Å². The summed E-state index contributed by atoms with van der Waals surface area (Å²) in [6.07, 6.45) is 9.42. The van der Waals surface area contributed by atoms with Crippen molar-refractivity contribution in [2.24, 2.45) is 46.3 Å². The third-order valence-corrected chi connectivity index (χ3v) is 13.6. The van der Waals surface area contributed by atoms with Crippen molar-refractivity contribution in [1.29, 1.82) is 0 Å². The Kier molecular flexibility index (Phi) is 10.2. The molecule has 4 saturated carbocycles. The maximum absolute atomic E-state index is 13.2. The van der Waals surface area contributed by atoms with Gasteiger partial charge in [-0.05, 0) is 133 Å². The van der Waals surface area contributed by atoms with Crippen LogP contribution in [-0.2, 0) is 14.3 Å². The highest BCUT2D eigenvalue weighted by Gasteiger charge is 2.62. The van der Waals surface area contributed by atoms with Gasteiger partial charge in [0.2, 0.25) is 11.4 Å². The number of non-ortho nitro benzene ring substituents is 1. The van der Waals surface area contributed by atoms with Gasteiger partial charge in [0.05, 0.1) is 29.9 Å². The van der Waals surface area contributed by atoms with Gasteiger partial charge in [-0.25, -0.2) is 9.42 Å². The number of hydrogen-bond acceptors (Lipinski definition) is 11. The number of hydrogen-bond donors (Lipinski definition) is 4. The summed E-state index contributed by atoms with van der Waals surface area (Å²) >= 11 is 0. The van der Waals surface area contributed by atoms with Crippen LogP contribution in [-0.4, -0.2) is 69.2 Å². The lowest BCUT2D eigenvalue weighted by molar-refractivity contribution is -0.383. The van der Waals surface area contributed by atoms with Gasteiger partial charge in [-0.15, -0.1) is 0 Å². The Morgan fingerprint density at radius 1 is 1.06 bits per heavy atom. The Morgan fingerprint density at radius 3 is 2.55 bits per heavy atom. The second-order valence-electron chi connectivity index (χ2n) is 16.0. The molecule has 0 radical (unpaired) electrons. The SMILES string of the molecule is COC(=O)[C@H](CCCNc1ccc([N+](=O)[O-])c2nonc12)NC(=O)CC[C@@H](C)C1CCC2C3C(CC[C@@]21C)[C@@]1(C)CC[C@@H](O)CC1C[C@@H]3O. The van der Waals surface area contributed by atoms with Crippen LogP contribution in [0.4, 0.5) is 11.4 Å². The number of carbonyl (C=O) groups is 2. The monoisotopic (exact) mass is 683 g/mol. The first-order valence-electron chi connectivity index (χ1n) is 18.2. The van der Waals surface area contributed by atoms with Crippen LogP contribution in [0.2, 0.25) is 0 Å². The van der Waals surface area contributed by atoms with Crippen LogP contribution < -0.4 is 10.6 Å². The van der Waals surface area contributed by atoms with E-state index in [0.717, 1.165) is 57.8 Å². The summed E-state index contributed by atoms with van der Waals surface area (Å²) in [6, 6.07) is 2.09. The molecule has 49 heavy (non-hydrogen) atoms. The number of amides is 1. The third-order valence-electron chi connectivity index (χ3n) is 13.6. The predicted octanol–water partition coefficient (Wildman–Crippen LogP) is 5.39. The molecule has 11 atom stereocenters. The van der Waals surface area contributed by atoms with E-state index in [1.165, 1.54) is 13.2 Å². The van der Waals surface area contributed by atoms with Crippen LogP contribution in [0, 0.1) is 56.5 Å². The highest BCUT2D eigenvalue weighted by atomic mass is 16.6. The van der Waals surface area contributed by atoms with Crippen LogP contribution in [0.1, 0.15) is 97.8 Å². The summed E-state index contributed by atoms with van der Waals surface area (Å²) in [4.78, 5) is 36.5. The number of rotatable bonds is 12. The lowest BCUT2D eigenvalue weighted by Gasteiger charge is -2.62. The molecule has 1 aromatic heterocycles. The zero-order valence-corrected chi connectivity index (χ0v) is 29.2. The summed E-state index contributed by atoms with van der Waals surface area (Å²) in [5.74, 6) is 1.82. The standard InChI is InChI=1S/C36H53N5O8/c1-20(23-8-9-24-31-25(14-16-36(23,24)3)35(2)15-13-22(42)18-21(35)19-29(31)43)7-12-30(44)38-27(34(45)48-4)6-5-17-37-26-10-11-28(41(46)47)33-32(26)39-49-40-33/h10-11,20-25,27,29,31,37,42-43H,5-9,12-19H2,1-4H3,(H,38,44)/t20-,21?,22-,23?,24?,25?,27+,29+,31?,35+,36-/m1/s1. The molecule has 13 heteroatoms. The van der Waals surface area contributed by atoms with Crippen molar-refractivity contribution >= 4 is 34.3 Å². The van der Waals surface area contributed by atoms with Gasteiger partial charge in [0.25, 0.3) is 0 Å². The molecule has 1 aromatic carbocycles. The molecule has 4 aliphatic rings. The number of aromatic nitrogens is 2. The number of nitro benzene ring substituents is 1. The maximum atomic E-state index is 13.2. The van der Waals surface area contributed by atoms with E-state index in [1.807, 2.05) is 0 Å². The lowest BCUT2D eigenvalue weighted by Crippen LogP contribution is -2.58. The summed E-state index contributed by atoms with van der Waals surface area (Å²) in [6.45, 7) is 7.56. The van der Waals surface area contributed by atoms with Gasteiger partial charge < -0.3 is 25.6 Å². The minimum atomic E-state index is -0.789. The average Bonchev–Trinajstić information content (AvgIpc) is 3.70. The Hall–Kier alpha value is -3.32. The number of benzene rings is 1. The van der Waals surface area contributed by atoms with Crippen LogP contribution in [0.3, 0.4) is 0 Å². The Bertz CT molecular complexity index is 1530. The number of nitro groups is 1. The van der Waals surface area contributed by atoms with Crippen molar-refractivity contribution in [3.05, 3.63) is 22.2 Å². The van der Waals surface area contributed by atoms with Crippen molar-refractivity contribution in [1.82, 2.24) is 15.6 Å². The van der Waals surface area contributed by atoms with Crippen LogP contribution >= 0.6 is 0 Å². The first kappa shape index (κ1) is 35.5. The van der Waals surface area contributed by atoms with Crippen molar-refractivity contribution in [3.63, 3.8) is 0 Å². The largest absolute Gasteiger partial charge is 0.467 e. The maximum Gasteiger partial charge on any atom is 0.328 e. The highest BCUT2D eigenvalue weighted by Crippen LogP contribution is 2.68. The van der Waals surface area contributed by atoms with Crippen LogP contribution in [0.25, 0.3) is 11.0 Å². The zero-order valence-electron chi connectivity index (χ0n) is 29.2. The number of aliphatic hydroxyl groups excluding tert-OH is 2. The van der Waals surface area contributed by atoms with Crippen molar-refractivity contribution in [3.8, 4) is 0 Å². The third kappa shape index (κ3) is 6.64. The van der Waals surface area contributed by atoms with E-state index in [-0.39, 0.29) is 45.7 Å². The molecular formula is C36H53N5O8. The summed E-state index contributed by atoms with van der Waals surface area (Å²) in [7, 11) is 1.31. The summed E-state index contributed by atoms with van der Waals surface area (Å²) in [5.41, 5.74) is 0.961. The molecule has 0 spiro atoms. The normalized spacial score (nSPS) is 35.0. The molecular weight excluding hydrogens is 630 g/mol. The predicted molar refractivity (Wildman–Crippen MR) is 181 cm³/mol. The Balaban J connectivity index is 1.01. The van der Waals surface area contributed by atoms with E-state index in [9.17, 15) is 29.9 Å².